The van der Waals surface area contributed by atoms with E-state index in [2.05, 4.69) is 21.3 Å². The average molecular weight is 301 g/mol. The van der Waals surface area contributed by atoms with Crippen LogP contribution >= 0.6 is 11.6 Å². The van der Waals surface area contributed by atoms with E-state index in [1.807, 2.05) is 0 Å². The van der Waals surface area contributed by atoms with Gasteiger partial charge in [0.25, 0.3) is 10.2 Å². The maximum atomic E-state index is 11.8. The Morgan fingerprint density at radius 3 is 2.79 bits per heavy atom. The zero-order valence-corrected chi connectivity index (χ0v) is 11.6. The van der Waals surface area contributed by atoms with Crippen molar-refractivity contribution in [2.75, 3.05) is 11.3 Å². The lowest BCUT2D eigenvalue weighted by Gasteiger charge is -2.10. The van der Waals surface area contributed by atoms with E-state index in [9.17, 15) is 8.42 Å². The SMILES string of the molecule is O=S(=O)(Nc1ccc(Cl)cc1C#CCO)NC1CC1. The lowest BCUT2D eigenvalue weighted by Crippen LogP contribution is -2.32. The van der Waals surface area contributed by atoms with E-state index in [0.29, 0.717) is 16.3 Å². The van der Waals surface area contributed by atoms with Crippen LogP contribution in [-0.4, -0.2) is 26.2 Å². The minimum Gasteiger partial charge on any atom is -0.384 e. The second-order valence-corrected chi connectivity index (χ2v) is 6.03. The highest BCUT2D eigenvalue weighted by atomic mass is 35.5. The lowest BCUT2D eigenvalue weighted by atomic mass is 10.2. The standard InChI is InChI=1S/C12H13ClN2O3S/c13-10-3-6-12(9(8-10)2-1-7-16)15-19(17,18)14-11-4-5-11/h3,6,8,11,14-16H,4-5,7H2. The Labute approximate surface area is 117 Å². The van der Waals surface area contributed by atoms with Crippen molar-refractivity contribution >= 4 is 27.5 Å². The molecule has 19 heavy (non-hydrogen) atoms. The number of rotatable bonds is 4. The van der Waals surface area contributed by atoms with E-state index < -0.39 is 10.2 Å². The van der Waals surface area contributed by atoms with Crippen molar-refractivity contribution in [3.05, 3.63) is 28.8 Å². The maximum absolute atomic E-state index is 11.8. The van der Waals surface area contributed by atoms with Crippen LogP contribution in [0.1, 0.15) is 18.4 Å². The molecule has 0 aromatic heterocycles. The van der Waals surface area contributed by atoms with Crippen molar-refractivity contribution in [1.29, 1.82) is 0 Å². The third kappa shape index (κ3) is 4.40. The third-order valence-corrected chi connectivity index (χ3v) is 3.79. The van der Waals surface area contributed by atoms with E-state index in [-0.39, 0.29) is 12.6 Å². The predicted molar refractivity (Wildman–Crippen MR) is 74.1 cm³/mol. The molecule has 1 saturated carbocycles. The number of benzene rings is 1. The molecule has 1 aliphatic carbocycles. The van der Waals surface area contributed by atoms with Crippen molar-refractivity contribution in [3.63, 3.8) is 0 Å². The molecule has 0 aliphatic heterocycles. The fourth-order valence-electron chi connectivity index (χ4n) is 1.44. The molecule has 102 valence electrons. The van der Waals surface area contributed by atoms with Gasteiger partial charge in [-0.25, -0.2) is 0 Å². The van der Waals surface area contributed by atoms with E-state index >= 15 is 0 Å². The molecule has 7 heteroatoms. The van der Waals surface area contributed by atoms with Gasteiger partial charge in [-0.2, -0.15) is 13.1 Å². The number of halogens is 1. The predicted octanol–water partition coefficient (Wildman–Crippen LogP) is 1.09. The first-order chi connectivity index (χ1) is 9.00. The van der Waals surface area contributed by atoms with Crippen LogP contribution in [0.15, 0.2) is 18.2 Å². The van der Waals surface area contributed by atoms with Crippen LogP contribution < -0.4 is 9.44 Å². The number of nitrogens with one attached hydrogen (secondary N) is 2. The largest absolute Gasteiger partial charge is 0.384 e. The minimum atomic E-state index is -3.61. The Kier molecular flexibility index (Phi) is 4.32. The topological polar surface area (TPSA) is 78.4 Å². The first-order valence-electron chi connectivity index (χ1n) is 5.69. The quantitative estimate of drug-likeness (QED) is 0.729. The Morgan fingerprint density at radius 1 is 1.42 bits per heavy atom. The first kappa shape index (κ1) is 14.2. The molecule has 1 fully saturated rings. The summed E-state index contributed by atoms with van der Waals surface area (Å²) in [6.45, 7) is -0.307. The summed E-state index contributed by atoms with van der Waals surface area (Å²) in [4.78, 5) is 0. The van der Waals surface area contributed by atoms with Gasteiger partial charge in [0.15, 0.2) is 0 Å². The molecular weight excluding hydrogens is 288 g/mol. The summed E-state index contributed by atoms with van der Waals surface area (Å²) in [5.74, 6) is 5.12. The fraction of sp³-hybridized carbons (Fsp3) is 0.333. The number of hydrogen-bond acceptors (Lipinski definition) is 3. The summed E-state index contributed by atoms with van der Waals surface area (Å²) in [5.41, 5.74) is 0.751. The first-order valence-corrected chi connectivity index (χ1v) is 7.55. The van der Waals surface area contributed by atoms with Crippen LogP contribution in [-0.2, 0) is 10.2 Å². The second kappa shape index (κ2) is 5.80. The van der Waals surface area contributed by atoms with Gasteiger partial charge in [0, 0.05) is 11.1 Å². The average Bonchev–Trinajstić information content (AvgIpc) is 3.12. The van der Waals surface area contributed by atoms with Gasteiger partial charge in [-0.3, -0.25) is 4.72 Å². The van der Waals surface area contributed by atoms with Crippen LogP contribution in [0.25, 0.3) is 0 Å². The molecular formula is C12H13ClN2O3S. The highest BCUT2D eigenvalue weighted by Gasteiger charge is 2.27. The van der Waals surface area contributed by atoms with Crippen molar-refractivity contribution in [1.82, 2.24) is 4.72 Å². The Balaban J connectivity index is 2.23. The summed E-state index contributed by atoms with van der Waals surface area (Å²) < 4.78 is 28.5. The van der Waals surface area contributed by atoms with Crippen LogP contribution in [0.5, 0.6) is 0 Å². The smallest absolute Gasteiger partial charge is 0.299 e. The molecule has 1 aromatic rings. The molecule has 0 heterocycles. The molecule has 0 bridgehead atoms. The van der Waals surface area contributed by atoms with Gasteiger partial charge in [-0.05, 0) is 31.0 Å². The molecule has 0 amide bonds. The molecule has 0 atom stereocenters. The molecule has 2 rings (SSSR count). The molecule has 0 spiro atoms. The van der Waals surface area contributed by atoms with Gasteiger partial charge >= 0.3 is 0 Å². The highest BCUT2D eigenvalue weighted by molar-refractivity contribution is 7.90. The van der Waals surface area contributed by atoms with Gasteiger partial charge in [0.1, 0.15) is 6.61 Å². The summed E-state index contributed by atoms with van der Waals surface area (Å²) in [5, 5.41) is 9.13. The summed E-state index contributed by atoms with van der Waals surface area (Å²) >= 11 is 5.84. The highest BCUT2D eigenvalue weighted by Crippen LogP contribution is 2.23. The van der Waals surface area contributed by atoms with E-state index in [1.165, 1.54) is 6.07 Å². The van der Waals surface area contributed by atoms with Crippen molar-refractivity contribution < 1.29 is 13.5 Å². The van der Waals surface area contributed by atoms with Crippen molar-refractivity contribution in [2.45, 2.75) is 18.9 Å². The molecule has 0 radical (unpaired) electrons. The van der Waals surface area contributed by atoms with Crippen LogP contribution in [0.2, 0.25) is 5.02 Å². The molecule has 0 unspecified atom stereocenters. The molecule has 5 nitrogen and oxygen atoms in total. The van der Waals surface area contributed by atoms with E-state index in [1.54, 1.807) is 12.1 Å². The van der Waals surface area contributed by atoms with Gasteiger partial charge in [0.2, 0.25) is 0 Å². The van der Waals surface area contributed by atoms with Crippen LogP contribution in [0.3, 0.4) is 0 Å². The number of aliphatic hydroxyl groups excluding tert-OH is 1. The number of anilines is 1. The Morgan fingerprint density at radius 2 is 2.16 bits per heavy atom. The Hall–Kier alpha value is -1.26. The summed E-state index contributed by atoms with van der Waals surface area (Å²) in [7, 11) is -3.61. The van der Waals surface area contributed by atoms with Gasteiger partial charge < -0.3 is 5.11 Å². The zero-order valence-electron chi connectivity index (χ0n) is 9.98. The van der Waals surface area contributed by atoms with Crippen LogP contribution in [0, 0.1) is 11.8 Å². The third-order valence-electron chi connectivity index (χ3n) is 2.43. The monoisotopic (exact) mass is 300 g/mol. The Bertz CT molecular complexity index is 630. The fourth-order valence-corrected chi connectivity index (χ4v) is 2.81. The lowest BCUT2D eigenvalue weighted by molar-refractivity contribution is 0.350. The molecule has 3 N–H and O–H groups in total. The van der Waals surface area contributed by atoms with Crippen LogP contribution in [0.4, 0.5) is 5.69 Å². The molecule has 1 aliphatic rings. The van der Waals surface area contributed by atoms with Gasteiger partial charge in [-0.15, -0.1) is 0 Å². The minimum absolute atomic E-state index is 0.0248. The molecule has 0 saturated heterocycles. The second-order valence-electron chi connectivity index (χ2n) is 4.15. The zero-order chi connectivity index (χ0) is 13.9. The van der Waals surface area contributed by atoms with Gasteiger partial charge in [-0.1, -0.05) is 23.4 Å². The normalized spacial score (nSPS) is 14.6. The summed E-state index contributed by atoms with van der Waals surface area (Å²) in [6, 6.07) is 4.67. The number of hydrogen-bond donors (Lipinski definition) is 3. The summed E-state index contributed by atoms with van der Waals surface area (Å²) in [6.07, 6.45) is 1.72. The number of aliphatic hydroxyl groups is 1. The van der Waals surface area contributed by atoms with Crippen molar-refractivity contribution in [2.24, 2.45) is 0 Å². The van der Waals surface area contributed by atoms with Crippen molar-refractivity contribution in [3.8, 4) is 11.8 Å². The van der Waals surface area contributed by atoms with Gasteiger partial charge in [0.05, 0.1) is 11.3 Å². The molecule has 1 aromatic carbocycles. The van der Waals surface area contributed by atoms with E-state index in [0.717, 1.165) is 12.8 Å². The maximum Gasteiger partial charge on any atom is 0.299 e. The van der Waals surface area contributed by atoms with E-state index in [4.69, 9.17) is 16.7 Å².